The second-order valence-electron chi connectivity index (χ2n) is 6.94. The minimum Gasteiger partial charge on any atom is -0.493 e. The molecule has 1 amide bonds. The number of fused-ring (bicyclic) bond motifs is 1. The van der Waals surface area contributed by atoms with Crippen molar-refractivity contribution in [1.29, 1.82) is 0 Å². The average molecular weight is 412 g/mol. The smallest absolute Gasteiger partial charge is 0.251 e. The maximum absolute atomic E-state index is 12.7. The molecule has 0 unspecified atom stereocenters. The molecular formula is C23H29N3O4. The second-order valence-corrected chi connectivity index (χ2v) is 6.94. The molecule has 0 spiro atoms. The Hall–Kier alpha value is -3.22. The molecule has 7 heteroatoms. The quantitative estimate of drug-likeness (QED) is 0.549. The van der Waals surface area contributed by atoms with Crippen molar-refractivity contribution in [2.45, 2.75) is 32.7 Å². The van der Waals surface area contributed by atoms with Gasteiger partial charge in [0.2, 0.25) is 5.75 Å². The first-order valence-corrected chi connectivity index (χ1v) is 10.1. The van der Waals surface area contributed by atoms with Gasteiger partial charge in [-0.25, -0.2) is 4.98 Å². The molecular weight excluding hydrogens is 382 g/mol. The highest BCUT2D eigenvalue weighted by Crippen LogP contribution is 2.38. The van der Waals surface area contributed by atoms with Crippen LogP contribution in [0.5, 0.6) is 17.2 Å². The first-order chi connectivity index (χ1) is 14.6. The minimum absolute atomic E-state index is 0.203. The van der Waals surface area contributed by atoms with E-state index in [0.717, 1.165) is 36.2 Å². The van der Waals surface area contributed by atoms with E-state index in [-0.39, 0.29) is 5.91 Å². The second kappa shape index (κ2) is 10.0. The first-order valence-electron chi connectivity index (χ1n) is 10.1. The molecule has 160 valence electrons. The zero-order chi connectivity index (χ0) is 21.5. The largest absolute Gasteiger partial charge is 0.493 e. The van der Waals surface area contributed by atoms with E-state index in [4.69, 9.17) is 19.2 Å². The lowest BCUT2D eigenvalue weighted by Crippen LogP contribution is -2.26. The van der Waals surface area contributed by atoms with Gasteiger partial charge in [0.25, 0.3) is 5.91 Å². The van der Waals surface area contributed by atoms with Crippen molar-refractivity contribution < 1.29 is 19.0 Å². The maximum Gasteiger partial charge on any atom is 0.251 e. The van der Waals surface area contributed by atoms with Gasteiger partial charge in [0.05, 0.1) is 32.4 Å². The molecule has 0 saturated heterocycles. The van der Waals surface area contributed by atoms with Crippen molar-refractivity contribution in [3.63, 3.8) is 0 Å². The fourth-order valence-electron chi connectivity index (χ4n) is 3.48. The van der Waals surface area contributed by atoms with Gasteiger partial charge in [0, 0.05) is 25.1 Å². The number of nitrogens with one attached hydrogen (secondary N) is 1. The summed E-state index contributed by atoms with van der Waals surface area (Å²) in [6.07, 6.45) is 2.85. The Kier molecular flexibility index (Phi) is 7.17. The molecule has 0 atom stereocenters. The number of methoxy groups -OCH3 is 3. The first kappa shape index (κ1) is 21.5. The summed E-state index contributed by atoms with van der Waals surface area (Å²) < 4.78 is 18.2. The summed E-state index contributed by atoms with van der Waals surface area (Å²) in [5.41, 5.74) is 2.57. The van der Waals surface area contributed by atoms with E-state index in [1.165, 1.54) is 21.3 Å². The number of amides is 1. The zero-order valence-corrected chi connectivity index (χ0v) is 18.0. The van der Waals surface area contributed by atoms with E-state index in [1.807, 2.05) is 18.2 Å². The number of imidazole rings is 1. The van der Waals surface area contributed by atoms with Crippen LogP contribution in [0.2, 0.25) is 0 Å². The van der Waals surface area contributed by atoms with Crippen LogP contribution in [-0.4, -0.2) is 43.3 Å². The van der Waals surface area contributed by atoms with Gasteiger partial charge in [0.15, 0.2) is 11.5 Å². The molecule has 0 bridgehead atoms. The third-order valence-electron chi connectivity index (χ3n) is 5.03. The summed E-state index contributed by atoms with van der Waals surface area (Å²) in [7, 11) is 4.59. The normalized spacial score (nSPS) is 10.8. The number of rotatable bonds is 10. The van der Waals surface area contributed by atoms with Gasteiger partial charge in [-0.05, 0) is 30.7 Å². The molecule has 2 aromatic carbocycles. The van der Waals surface area contributed by atoms with E-state index in [2.05, 4.69) is 22.9 Å². The molecule has 0 aliphatic heterocycles. The van der Waals surface area contributed by atoms with Crippen LogP contribution in [0.3, 0.4) is 0 Å². The van der Waals surface area contributed by atoms with E-state index in [9.17, 15) is 4.79 Å². The average Bonchev–Trinajstić information content (AvgIpc) is 3.13. The highest BCUT2D eigenvalue weighted by Gasteiger charge is 2.17. The van der Waals surface area contributed by atoms with Crippen LogP contribution in [0.25, 0.3) is 11.0 Å². The van der Waals surface area contributed by atoms with E-state index in [1.54, 1.807) is 12.1 Å². The molecule has 7 nitrogen and oxygen atoms in total. The third-order valence-corrected chi connectivity index (χ3v) is 5.03. The minimum atomic E-state index is -0.203. The molecule has 3 aromatic rings. The summed E-state index contributed by atoms with van der Waals surface area (Å²) in [6.45, 7) is 3.58. The summed E-state index contributed by atoms with van der Waals surface area (Å²) >= 11 is 0. The number of carbonyl (C=O) groups is 1. The van der Waals surface area contributed by atoms with Crippen molar-refractivity contribution in [3.05, 3.63) is 47.8 Å². The van der Waals surface area contributed by atoms with Crippen LogP contribution in [0.1, 0.15) is 35.9 Å². The van der Waals surface area contributed by atoms with Crippen molar-refractivity contribution in [2.75, 3.05) is 27.9 Å². The number of aromatic nitrogens is 2. The highest BCUT2D eigenvalue weighted by molar-refractivity contribution is 5.95. The van der Waals surface area contributed by atoms with Crippen LogP contribution < -0.4 is 19.5 Å². The maximum atomic E-state index is 12.7. The fourth-order valence-corrected chi connectivity index (χ4v) is 3.48. The Morgan fingerprint density at radius 2 is 1.77 bits per heavy atom. The third kappa shape index (κ3) is 4.50. The molecule has 3 rings (SSSR count). The number of carbonyl (C=O) groups excluding carboxylic acids is 1. The highest BCUT2D eigenvalue weighted by atomic mass is 16.5. The molecule has 0 aliphatic rings. The summed E-state index contributed by atoms with van der Waals surface area (Å²) in [5, 5.41) is 2.97. The standard InChI is InChI=1S/C23H29N3O4/c1-5-6-13-26-18-10-8-7-9-17(18)25-21(26)11-12-24-23(27)16-14-19(28-2)22(30-4)20(15-16)29-3/h7-10,14-15H,5-6,11-13H2,1-4H3,(H,24,27). The van der Waals surface area contributed by atoms with Gasteiger partial charge >= 0.3 is 0 Å². The molecule has 30 heavy (non-hydrogen) atoms. The Bertz CT molecular complexity index is 988. The van der Waals surface area contributed by atoms with Crippen molar-refractivity contribution >= 4 is 16.9 Å². The van der Waals surface area contributed by atoms with Gasteiger partial charge in [-0.15, -0.1) is 0 Å². The van der Waals surface area contributed by atoms with Gasteiger partial charge in [-0.2, -0.15) is 0 Å². The Morgan fingerprint density at radius 3 is 2.40 bits per heavy atom. The Balaban J connectivity index is 1.73. The number of ether oxygens (including phenoxy) is 3. The Morgan fingerprint density at radius 1 is 1.07 bits per heavy atom. The fraction of sp³-hybridized carbons (Fsp3) is 0.391. The summed E-state index contributed by atoms with van der Waals surface area (Å²) in [4.78, 5) is 17.5. The van der Waals surface area contributed by atoms with Crippen LogP contribution >= 0.6 is 0 Å². The van der Waals surface area contributed by atoms with Crippen molar-refractivity contribution in [1.82, 2.24) is 14.9 Å². The van der Waals surface area contributed by atoms with Gasteiger partial charge in [-0.1, -0.05) is 25.5 Å². The molecule has 0 fully saturated rings. The molecule has 1 N–H and O–H groups in total. The van der Waals surface area contributed by atoms with Crippen LogP contribution in [0.4, 0.5) is 0 Å². The van der Waals surface area contributed by atoms with E-state index < -0.39 is 0 Å². The van der Waals surface area contributed by atoms with Crippen LogP contribution in [0.15, 0.2) is 36.4 Å². The van der Waals surface area contributed by atoms with Crippen LogP contribution in [-0.2, 0) is 13.0 Å². The lowest BCUT2D eigenvalue weighted by atomic mass is 10.1. The molecule has 0 aliphatic carbocycles. The summed E-state index contributed by atoms with van der Waals surface area (Å²) in [6, 6.07) is 11.4. The monoisotopic (exact) mass is 411 g/mol. The lowest BCUT2D eigenvalue weighted by molar-refractivity contribution is 0.0953. The zero-order valence-electron chi connectivity index (χ0n) is 18.0. The lowest BCUT2D eigenvalue weighted by Gasteiger charge is -2.14. The van der Waals surface area contributed by atoms with E-state index >= 15 is 0 Å². The summed E-state index contributed by atoms with van der Waals surface area (Å²) in [5.74, 6) is 2.13. The SMILES string of the molecule is CCCCn1c(CCNC(=O)c2cc(OC)c(OC)c(OC)c2)nc2ccccc21. The number of benzene rings is 2. The van der Waals surface area contributed by atoms with Crippen molar-refractivity contribution in [3.8, 4) is 17.2 Å². The van der Waals surface area contributed by atoms with E-state index in [0.29, 0.717) is 35.8 Å². The molecule has 0 radical (unpaired) electrons. The Labute approximate surface area is 177 Å². The number of hydrogen-bond acceptors (Lipinski definition) is 5. The molecule has 1 aromatic heterocycles. The number of unbranched alkanes of at least 4 members (excludes halogenated alkanes) is 1. The predicted molar refractivity (Wildman–Crippen MR) is 117 cm³/mol. The van der Waals surface area contributed by atoms with Gasteiger partial charge in [0.1, 0.15) is 5.82 Å². The number of aryl methyl sites for hydroxylation is 1. The topological polar surface area (TPSA) is 74.6 Å². The van der Waals surface area contributed by atoms with Crippen LogP contribution in [0, 0.1) is 0 Å². The van der Waals surface area contributed by atoms with Crippen molar-refractivity contribution in [2.24, 2.45) is 0 Å². The number of para-hydroxylation sites is 2. The predicted octanol–water partition coefficient (Wildman–Crippen LogP) is 3.83. The number of nitrogens with zero attached hydrogens (tertiary/aromatic N) is 2. The number of hydrogen-bond donors (Lipinski definition) is 1. The van der Waals surface area contributed by atoms with Gasteiger partial charge < -0.3 is 24.1 Å². The van der Waals surface area contributed by atoms with Gasteiger partial charge in [-0.3, -0.25) is 4.79 Å². The molecule has 1 heterocycles. The molecule has 0 saturated carbocycles.